The summed E-state index contributed by atoms with van der Waals surface area (Å²) in [5, 5.41) is 0. The maximum Gasteiger partial charge on any atom is 0.341 e. The smallest absolute Gasteiger partial charge is 0.341 e. The Hall–Kier alpha value is -3.69. The number of carbonyl (C=O) groups excluding carboxylic acids is 1. The standard InChI is InChI=1S/C28H31NO5/c1-7-33-28(30)25-12-10-22(15-27(25)34-18-31-5)29-16-21(9-8-19(2)3)26(17-29)24-13-11-23(32-6)14-20(24)4/h10-17,19H,7,18H2,1-6H3. The number of hydrogen-bond donors (Lipinski definition) is 0. The van der Waals surface area contributed by atoms with E-state index >= 15 is 0 Å². The van der Waals surface area contributed by atoms with Crippen LogP contribution in [0.4, 0.5) is 0 Å². The zero-order valence-corrected chi connectivity index (χ0v) is 20.6. The van der Waals surface area contributed by atoms with E-state index in [0.29, 0.717) is 11.3 Å². The predicted octanol–water partition coefficient (Wildman–Crippen LogP) is 5.63. The third-order valence-electron chi connectivity index (χ3n) is 5.14. The van der Waals surface area contributed by atoms with Crippen molar-refractivity contribution in [3.05, 3.63) is 65.5 Å². The minimum Gasteiger partial charge on any atom is -0.497 e. The van der Waals surface area contributed by atoms with Gasteiger partial charge in [0.05, 0.1) is 19.3 Å². The average molecular weight is 462 g/mol. The molecule has 6 nitrogen and oxygen atoms in total. The highest BCUT2D eigenvalue weighted by Gasteiger charge is 2.17. The number of aromatic nitrogens is 1. The number of carbonyl (C=O) groups is 1. The van der Waals surface area contributed by atoms with Crippen LogP contribution >= 0.6 is 0 Å². The molecule has 0 amide bonds. The Morgan fingerprint density at radius 1 is 1.06 bits per heavy atom. The minimum absolute atomic E-state index is 0.0168. The second kappa shape index (κ2) is 11.4. The fourth-order valence-corrected chi connectivity index (χ4v) is 3.50. The van der Waals surface area contributed by atoms with E-state index in [4.69, 9.17) is 18.9 Å². The van der Waals surface area contributed by atoms with E-state index < -0.39 is 5.97 Å². The van der Waals surface area contributed by atoms with Crippen LogP contribution in [-0.4, -0.2) is 38.2 Å². The lowest BCUT2D eigenvalue weighted by molar-refractivity contribution is 0.0438. The summed E-state index contributed by atoms with van der Waals surface area (Å²) < 4.78 is 23.2. The molecular formula is C28H31NO5. The van der Waals surface area contributed by atoms with Crippen molar-refractivity contribution in [2.45, 2.75) is 27.7 Å². The molecule has 0 fully saturated rings. The van der Waals surface area contributed by atoms with Gasteiger partial charge >= 0.3 is 5.97 Å². The van der Waals surface area contributed by atoms with Gasteiger partial charge in [-0.1, -0.05) is 31.8 Å². The van der Waals surface area contributed by atoms with Crippen LogP contribution in [0.3, 0.4) is 0 Å². The number of esters is 1. The van der Waals surface area contributed by atoms with Crippen molar-refractivity contribution in [2.75, 3.05) is 27.6 Å². The lowest BCUT2D eigenvalue weighted by Crippen LogP contribution is -2.10. The number of hydrogen-bond acceptors (Lipinski definition) is 5. The van der Waals surface area contributed by atoms with Gasteiger partial charge in [0, 0.05) is 42.7 Å². The van der Waals surface area contributed by atoms with Gasteiger partial charge in [0.2, 0.25) is 0 Å². The first-order chi connectivity index (χ1) is 16.4. The van der Waals surface area contributed by atoms with Crippen LogP contribution in [0.2, 0.25) is 0 Å². The summed E-state index contributed by atoms with van der Waals surface area (Å²) in [6, 6.07) is 11.4. The molecule has 0 aliphatic heterocycles. The Balaban J connectivity index is 2.12. The van der Waals surface area contributed by atoms with E-state index in [-0.39, 0.29) is 19.3 Å². The quantitative estimate of drug-likeness (QED) is 0.247. The van der Waals surface area contributed by atoms with Crippen LogP contribution < -0.4 is 9.47 Å². The lowest BCUT2D eigenvalue weighted by atomic mass is 9.99. The molecule has 1 heterocycles. The molecule has 1 aromatic heterocycles. The van der Waals surface area contributed by atoms with Gasteiger partial charge in [0.25, 0.3) is 0 Å². The summed E-state index contributed by atoms with van der Waals surface area (Å²) >= 11 is 0. The SMILES string of the molecule is CCOC(=O)c1ccc(-n2cc(C#CC(C)C)c(-c3ccc(OC)cc3C)c2)cc1OCOC. The zero-order chi connectivity index (χ0) is 24.7. The van der Waals surface area contributed by atoms with Crippen molar-refractivity contribution in [3.8, 4) is 40.2 Å². The Kier molecular flexibility index (Phi) is 8.39. The van der Waals surface area contributed by atoms with E-state index in [1.807, 2.05) is 41.2 Å². The Bertz CT molecular complexity index is 1210. The normalized spacial score (nSPS) is 10.6. The molecule has 0 radical (unpaired) electrons. The maximum atomic E-state index is 12.4. The van der Waals surface area contributed by atoms with E-state index in [2.05, 4.69) is 32.6 Å². The van der Waals surface area contributed by atoms with Gasteiger partial charge in [-0.15, -0.1) is 0 Å². The first-order valence-corrected chi connectivity index (χ1v) is 11.2. The monoisotopic (exact) mass is 461 g/mol. The van der Waals surface area contributed by atoms with Crippen molar-refractivity contribution < 1.29 is 23.7 Å². The zero-order valence-electron chi connectivity index (χ0n) is 20.6. The molecule has 0 saturated carbocycles. The fraction of sp³-hybridized carbons (Fsp3) is 0.321. The van der Waals surface area contributed by atoms with Gasteiger partial charge in [0.15, 0.2) is 6.79 Å². The van der Waals surface area contributed by atoms with Crippen molar-refractivity contribution in [1.29, 1.82) is 0 Å². The molecule has 2 aromatic carbocycles. The molecule has 0 bridgehead atoms. The number of nitrogens with zero attached hydrogens (tertiary/aromatic N) is 1. The second-order valence-corrected chi connectivity index (χ2v) is 8.05. The largest absolute Gasteiger partial charge is 0.497 e. The van der Waals surface area contributed by atoms with E-state index in [1.54, 1.807) is 26.2 Å². The van der Waals surface area contributed by atoms with Crippen LogP contribution in [0, 0.1) is 24.7 Å². The predicted molar refractivity (Wildman–Crippen MR) is 133 cm³/mol. The molecule has 0 aliphatic carbocycles. The van der Waals surface area contributed by atoms with Crippen molar-refractivity contribution >= 4 is 5.97 Å². The molecule has 0 saturated heterocycles. The molecular weight excluding hydrogens is 430 g/mol. The summed E-state index contributed by atoms with van der Waals surface area (Å²) in [5.41, 5.74) is 5.26. The summed E-state index contributed by atoms with van der Waals surface area (Å²) in [4.78, 5) is 12.4. The van der Waals surface area contributed by atoms with Gasteiger partial charge in [-0.2, -0.15) is 0 Å². The number of ether oxygens (including phenoxy) is 4. The van der Waals surface area contributed by atoms with Gasteiger partial charge in [-0.3, -0.25) is 0 Å². The molecule has 0 aliphatic rings. The van der Waals surface area contributed by atoms with Crippen LogP contribution in [0.25, 0.3) is 16.8 Å². The van der Waals surface area contributed by atoms with E-state index in [9.17, 15) is 4.79 Å². The summed E-state index contributed by atoms with van der Waals surface area (Å²) in [7, 11) is 3.19. The van der Waals surface area contributed by atoms with Crippen molar-refractivity contribution in [1.82, 2.24) is 4.57 Å². The second-order valence-electron chi connectivity index (χ2n) is 8.05. The molecule has 6 heteroatoms. The summed E-state index contributed by atoms with van der Waals surface area (Å²) in [6.45, 7) is 8.25. The van der Waals surface area contributed by atoms with E-state index in [1.165, 1.54) is 7.11 Å². The molecule has 0 unspecified atom stereocenters. The van der Waals surface area contributed by atoms with Gasteiger partial charge in [-0.05, 0) is 49.2 Å². The number of methoxy groups -OCH3 is 2. The topological polar surface area (TPSA) is 58.9 Å². The van der Waals surface area contributed by atoms with Crippen LogP contribution in [0.1, 0.15) is 42.3 Å². The number of rotatable bonds is 8. The molecule has 3 rings (SSSR count). The number of benzene rings is 2. The third-order valence-corrected chi connectivity index (χ3v) is 5.14. The highest BCUT2D eigenvalue weighted by molar-refractivity contribution is 5.93. The number of aryl methyl sites for hydroxylation is 1. The highest BCUT2D eigenvalue weighted by Crippen LogP contribution is 2.32. The molecule has 0 spiro atoms. The van der Waals surface area contributed by atoms with Crippen LogP contribution in [0.15, 0.2) is 48.8 Å². The molecule has 0 N–H and O–H groups in total. The first kappa shape index (κ1) is 24.9. The lowest BCUT2D eigenvalue weighted by Gasteiger charge is -2.12. The molecule has 3 aromatic rings. The first-order valence-electron chi connectivity index (χ1n) is 11.2. The maximum absolute atomic E-state index is 12.4. The Morgan fingerprint density at radius 2 is 1.85 bits per heavy atom. The van der Waals surface area contributed by atoms with Crippen LogP contribution in [-0.2, 0) is 9.47 Å². The Labute approximate surface area is 201 Å². The van der Waals surface area contributed by atoms with Crippen LogP contribution in [0.5, 0.6) is 11.5 Å². The van der Waals surface area contributed by atoms with Gasteiger partial charge in [0.1, 0.15) is 17.1 Å². The van der Waals surface area contributed by atoms with Gasteiger partial charge < -0.3 is 23.5 Å². The fourth-order valence-electron chi connectivity index (χ4n) is 3.50. The highest BCUT2D eigenvalue weighted by atomic mass is 16.7. The third kappa shape index (κ3) is 5.81. The Morgan fingerprint density at radius 3 is 2.50 bits per heavy atom. The van der Waals surface area contributed by atoms with Crippen molar-refractivity contribution in [2.24, 2.45) is 5.92 Å². The summed E-state index contributed by atoms with van der Waals surface area (Å²) in [5.74, 6) is 7.60. The van der Waals surface area contributed by atoms with Crippen molar-refractivity contribution in [3.63, 3.8) is 0 Å². The molecule has 178 valence electrons. The molecule has 0 atom stereocenters. The summed E-state index contributed by atoms with van der Waals surface area (Å²) in [6.07, 6.45) is 4.03. The van der Waals surface area contributed by atoms with Gasteiger partial charge in [-0.25, -0.2) is 4.79 Å². The average Bonchev–Trinajstić information content (AvgIpc) is 3.25. The van der Waals surface area contributed by atoms with E-state index in [0.717, 1.165) is 33.7 Å². The molecule has 34 heavy (non-hydrogen) atoms. The minimum atomic E-state index is -0.439.